The molecule has 21 heavy (non-hydrogen) atoms. The molecule has 3 aromatic heterocycles. The van der Waals surface area contributed by atoms with E-state index in [0.717, 1.165) is 5.69 Å². The molecule has 0 atom stereocenters. The van der Waals surface area contributed by atoms with Crippen molar-refractivity contribution in [1.82, 2.24) is 34.5 Å². The fourth-order valence-corrected chi connectivity index (χ4v) is 1.79. The zero-order chi connectivity index (χ0) is 14.7. The molecule has 0 aliphatic heterocycles. The molecule has 0 fully saturated rings. The van der Waals surface area contributed by atoms with Crippen LogP contribution in [0.15, 0.2) is 30.7 Å². The predicted octanol–water partition coefficient (Wildman–Crippen LogP) is 0.445. The first-order valence-corrected chi connectivity index (χ1v) is 6.41. The van der Waals surface area contributed by atoms with Gasteiger partial charge in [-0.3, -0.25) is 4.68 Å². The van der Waals surface area contributed by atoms with Crippen molar-refractivity contribution in [1.29, 1.82) is 0 Å². The van der Waals surface area contributed by atoms with Gasteiger partial charge in [-0.25, -0.2) is 4.68 Å². The minimum atomic E-state index is 0.451. The van der Waals surface area contributed by atoms with Crippen LogP contribution in [0.3, 0.4) is 0 Å². The van der Waals surface area contributed by atoms with E-state index in [0.29, 0.717) is 24.4 Å². The Kier molecular flexibility index (Phi) is 3.46. The number of hydrogen-bond donors (Lipinski definition) is 2. The zero-order valence-corrected chi connectivity index (χ0v) is 11.7. The SMILES string of the molecule is CNc1nc(NCc2ccnn2C)nc(-n2cccn2)n1. The number of hydrogen-bond acceptors (Lipinski definition) is 7. The topological polar surface area (TPSA) is 98.4 Å². The van der Waals surface area contributed by atoms with Gasteiger partial charge in [-0.05, 0) is 12.1 Å². The molecular weight excluding hydrogens is 270 g/mol. The molecule has 9 nitrogen and oxygen atoms in total. The highest BCUT2D eigenvalue weighted by atomic mass is 15.4. The van der Waals surface area contributed by atoms with Gasteiger partial charge in [0.1, 0.15) is 0 Å². The van der Waals surface area contributed by atoms with Crippen LogP contribution < -0.4 is 10.6 Å². The van der Waals surface area contributed by atoms with E-state index < -0.39 is 0 Å². The van der Waals surface area contributed by atoms with Gasteiger partial charge in [0.05, 0.1) is 12.2 Å². The van der Waals surface area contributed by atoms with Crippen LogP contribution in [0.4, 0.5) is 11.9 Å². The average Bonchev–Trinajstić information content (AvgIpc) is 3.16. The third-order valence-corrected chi connectivity index (χ3v) is 2.91. The smallest absolute Gasteiger partial charge is 0.257 e. The van der Waals surface area contributed by atoms with Crippen molar-refractivity contribution < 1.29 is 0 Å². The van der Waals surface area contributed by atoms with Crippen LogP contribution >= 0.6 is 0 Å². The molecule has 0 saturated heterocycles. The summed E-state index contributed by atoms with van der Waals surface area (Å²) in [6.07, 6.45) is 5.20. The van der Waals surface area contributed by atoms with E-state index in [9.17, 15) is 0 Å². The second kappa shape index (κ2) is 5.57. The molecule has 2 N–H and O–H groups in total. The Morgan fingerprint density at radius 1 is 1.10 bits per heavy atom. The lowest BCUT2D eigenvalue weighted by molar-refractivity contribution is 0.718. The Morgan fingerprint density at radius 3 is 2.62 bits per heavy atom. The van der Waals surface area contributed by atoms with Crippen molar-refractivity contribution in [3.8, 4) is 5.95 Å². The lowest BCUT2D eigenvalue weighted by Gasteiger charge is -2.08. The summed E-state index contributed by atoms with van der Waals surface area (Å²) >= 11 is 0. The second-order valence-electron chi connectivity index (χ2n) is 4.28. The highest BCUT2D eigenvalue weighted by Gasteiger charge is 2.08. The van der Waals surface area contributed by atoms with Crippen LogP contribution in [0.5, 0.6) is 0 Å². The van der Waals surface area contributed by atoms with Crippen LogP contribution in [0, 0.1) is 0 Å². The Labute approximate surface area is 121 Å². The maximum absolute atomic E-state index is 4.35. The normalized spacial score (nSPS) is 10.6. The summed E-state index contributed by atoms with van der Waals surface area (Å²) in [5.74, 6) is 1.40. The number of aryl methyl sites for hydroxylation is 1. The first-order chi connectivity index (χ1) is 10.3. The van der Waals surface area contributed by atoms with Gasteiger partial charge in [0, 0.05) is 32.7 Å². The molecule has 0 spiro atoms. The quantitative estimate of drug-likeness (QED) is 0.702. The van der Waals surface area contributed by atoms with Gasteiger partial charge in [0.2, 0.25) is 11.9 Å². The van der Waals surface area contributed by atoms with E-state index >= 15 is 0 Å². The van der Waals surface area contributed by atoms with Crippen molar-refractivity contribution in [2.75, 3.05) is 17.7 Å². The Bertz CT molecular complexity index is 716. The summed E-state index contributed by atoms with van der Waals surface area (Å²) in [6, 6.07) is 3.74. The van der Waals surface area contributed by atoms with Crippen molar-refractivity contribution >= 4 is 11.9 Å². The molecule has 0 bridgehead atoms. The lowest BCUT2D eigenvalue weighted by atomic mass is 10.4. The minimum absolute atomic E-state index is 0.451. The van der Waals surface area contributed by atoms with Crippen molar-refractivity contribution in [3.05, 3.63) is 36.4 Å². The molecular formula is C12H15N9. The first kappa shape index (κ1) is 13.0. The lowest BCUT2D eigenvalue weighted by Crippen LogP contribution is -2.12. The maximum atomic E-state index is 4.35. The van der Waals surface area contributed by atoms with Crippen molar-refractivity contribution in [3.63, 3.8) is 0 Å². The molecule has 0 aliphatic carbocycles. The molecule has 0 saturated carbocycles. The van der Waals surface area contributed by atoms with Gasteiger partial charge < -0.3 is 10.6 Å². The number of nitrogens with one attached hydrogen (secondary N) is 2. The zero-order valence-electron chi connectivity index (χ0n) is 11.7. The molecule has 0 amide bonds. The molecule has 3 rings (SSSR count). The molecule has 0 aromatic carbocycles. The highest BCUT2D eigenvalue weighted by molar-refractivity contribution is 5.37. The molecule has 0 unspecified atom stereocenters. The van der Waals surface area contributed by atoms with Crippen LogP contribution in [-0.4, -0.2) is 41.6 Å². The third-order valence-electron chi connectivity index (χ3n) is 2.91. The van der Waals surface area contributed by atoms with Crippen molar-refractivity contribution in [2.45, 2.75) is 6.54 Å². The summed E-state index contributed by atoms with van der Waals surface area (Å²) in [5.41, 5.74) is 1.03. The van der Waals surface area contributed by atoms with E-state index in [-0.39, 0.29) is 0 Å². The Balaban J connectivity index is 1.84. The number of aromatic nitrogens is 7. The van der Waals surface area contributed by atoms with Crippen molar-refractivity contribution in [2.24, 2.45) is 7.05 Å². The predicted molar refractivity (Wildman–Crippen MR) is 77.0 cm³/mol. The van der Waals surface area contributed by atoms with Gasteiger partial charge in [-0.2, -0.15) is 25.1 Å². The van der Waals surface area contributed by atoms with Gasteiger partial charge in [-0.15, -0.1) is 0 Å². The van der Waals surface area contributed by atoms with Gasteiger partial charge in [-0.1, -0.05) is 0 Å². The fourth-order valence-electron chi connectivity index (χ4n) is 1.79. The second-order valence-corrected chi connectivity index (χ2v) is 4.28. The van der Waals surface area contributed by atoms with Crippen LogP contribution in [0.25, 0.3) is 5.95 Å². The standard InChI is InChI=1S/C12H15N9/c1-13-10-17-11(14-8-9-4-6-15-20(9)2)19-12(18-10)21-7-3-5-16-21/h3-7H,8H2,1-2H3,(H2,13,14,17,18,19). The number of anilines is 2. The van der Waals surface area contributed by atoms with Crippen LogP contribution in [-0.2, 0) is 13.6 Å². The maximum Gasteiger partial charge on any atom is 0.257 e. The Morgan fingerprint density at radius 2 is 1.95 bits per heavy atom. The van der Waals surface area contributed by atoms with E-state index in [2.05, 4.69) is 35.8 Å². The highest BCUT2D eigenvalue weighted by Crippen LogP contribution is 2.09. The third kappa shape index (κ3) is 2.81. The molecule has 0 aliphatic rings. The minimum Gasteiger partial charge on any atom is -0.357 e. The molecule has 3 aromatic rings. The van der Waals surface area contributed by atoms with E-state index in [4.69, 9.17) is 0 Å². The van der Waals surface area contributed by atoms with Crippen LogP contribution in [0.2, 0.25) is 0 Å². The Hall–Kier alpha value is -2.97. The molecule has 3 heterocycles. The van der Waals surface area contributed by atoms with E-state index in [1.54, 1.807) is 35.0 Å². The summed E-state index contributed by atoms with van der Waals surface area (Å²) in [4.78, 5) is 12.9. The number of rotatable bonds is 5. The van der Waals surface area contributed by atoms with Gasteiger partial charge in [0.25, 0.3) is 5.95 Å². The average molecular weight is 285 g/mol. The molecule has 9 heteroatoms. The summed E-state index contributed by atoms with van der Waals surface area (Å²) in [6.45, 7) is 0.572. The van der Waals surface area contributed by atoms with Gasteiger partial charge >= 0.3 is 0 Å². The number of nitrogens with zero attached hydrogens (tertiary/aromatic N) is 7. The van der Waals surface area contributed by atoms with E-state index in [1.165, 1.54) is 0 Å². The van der Waals surface area contributed by atoms with Gasteiger partial charge in [0.15, 0.2) is 0 Å². The summed E-state index contributed by atoms with van der Waals surface area (Å²) in [5, 5.41) is 14.3. The first-order valence-electron chi connectivity index (χ1n) is 6.41. The largest absolute Gasteiger partial charge is 0.357 e. The summed E-state index contributed by atoms with van der Waals surface area (Å²) in [7, 11) is 3.64. The van der Waals surface area contributed by atoms with E-state index in [1.807, 2.05) is 19.2 Å². The van der Waals surface area contributed by atoms with Crippen LogP contribution in [0.1, 0.15) is 5.69 Å². The molecule has 108 valence electrons. The fraction of sp³-hybridized carbons (Fsp3) is 0.250. The summed E-state index contributed by atoms with van der Waals surface area (Å²) < 4.78 is 3.37. The monoisotopic (exact) mass is 285 g/mol. The molecule has 0 radical (unpaired) electrons.